The lowest BCUT2D eigenvalue weighted by molar-refractivity contribution is -0.139. The second kappa shape index (κ2) is 12.2. The largest absolute Gasteiger partial charge is 0.466 e. The van der Waals surface area contributed by atoms with Crippen molar-refractivity contribution in [3.8, 4) is 0 Å². The Kier molecular flexibility index (Phi) is 9.99. The molecule has 0 amide bonds. The zero-order valence-corrected chi connectivity index (χ0v) is 20.0. The summed E-state index contributed by atoms with van der Waals surface area (Å²) in [6.45, 7) is 5.91. The van der Waals surface area contributed by atoms with Crippen molar-refractivity contribution >= 4 is 35.1 Å². The number of halogens is 2. The number of nitrogens with two attached hydrogens (primary N) is 1. The van der Waals surface area contributed by atoms with Gasteiger partial charge in [-0.2, -0.15) is 0 Å². The molecule has 1 heterocycles. The van der Waals surface area contributed by atoms with Crippen molar-refractivity contribution in [3.63, 3.8) is 0 Å². The standard InChI is InChI=1S/C22H28Cl2N2O6/c1-5-30-22(28)19-16(11-32-13(3)31-10-9-25)26-12(2)17(21(27)29-4)18(19)14-7-6-8-15(23)20(14)24/h6-8,13,18,26H,5,9-11,25H2,1-4H3. The van der Waals surface area contributed by atoms with Gasteiger partial charge in [0.2, 0.25) is 0 Å². The Morgan fingerprint density at radius 3 is 2.53 bits per heavy atom. The first-order valence-electron chi connectivity index (χ1n) is 10.1. The Bertz CT molecular complexity index is 916. The first kappa shape index (κ1) is 26.2. The molecule has 176 valence electrons. The van der Waals surface area contributed by atoms with Crippen molar-refractivity contribution in [3.05, 3.63) is 56.3 Å². The van der Waals surface area contributed by atoms with Gasteiger partial charge >= 0.3 is 11.9 Å². The number of hydrogen-bond acceptors (Lipinski definition) is 8. The molecule has 0 aromatic heterocycles. The highest BCUT2D eigenvalue weighted by Gasteiger charge is 2.40. The van der Waals surface area contributed by atoms with Crippen molar-refractivity contribution in [1.82, 2.24) is 5.32 Å². The summed E-state index contributed by atoms with van der Waals surface area (Å²) in [5, 5.41) is 3.60. The lowest BCUT2D eigenvalue weighted by Gasteiger charge is -2.32. The van der Waals surface area contributed by atoms with Crippen molar-refractivity contribution < 1.29 is 28.5 Å². The predicted molar refractivity (Wildman–Crippen MR) is 121 cm³/mol. The monoisotopic (exact) mass is 486 g/mol. The number of methoxy groups -OCH3 is 1. The molecule has 8 nitrogen and oxygen atoms in total. The lowest BCUT2D eigenvalue weighted by Crippen LogP contribution is -2.35. The van der Waals surface area contributed by atoms with Crippen LogP contribution in [0.4, 0.5) is 0 Å². The maximum Gasteiger partial charge on any atom is 0.336 e. The van der Waals surface area contributed by atoms with E-state index in [0.717, 1.165) is 0 Å². The van der Waals surface area contributed by atoms with Crippen LogP contribution in [0.2, 0.25) is 10.0 Å². The fourth-order valence-electron chi connectivity index (χ4n) is 3.38. The molecule has 2 rings (SSSR count). The van der Waals surface area contributed by atoms with E-state index in [-0.39, 0.29) is 34.4 Å². The maximum atomic E-state index is 13.1. The van der Waals surface area contributed by atoms with Crippen LogP contribution in [0.25, 0.3) is 0 Å². The zero-order valence-electron chi connectivity index (χ0n) is 18.5. The van der Waals surface area contributed by atoms with Gasteiger partial charge in [-0.1, -0.05) is 35.3 Å². The second-order valence-electron chi connectivity index (χ2n) is 6.88. The summed E-state index contributed by atoms with van der Waals surface area (Å²) in [4.78, 5) is 25.8. The van der Waals surface area contributed by atoms with Crippen molar-refractivity contribution in [2.45, 2.75) is 33.0 Å². The van der Waals surface area contributed by atoms with Gasteiger partial charge in [0.1, 0.15) is 0 Å². The number of hydrogen-bond donors (Lipinski definition) is 2. The normalized spacial score (nSPS) is 17.2. The summed E-state index contributed by atoms with van der Waals surface area (Å²) < 4.78 is 21.5. The Hall–Kier alpha value is -2.10. The molecule has 0 fully saturated rings. The summed E-state index contributed by atoms with van der Waals surface area (Å²) in [5.74, 6) is -2.12. The molecule has 3 N–H and O–H groups in total. The van der Waals surface area contributed by atoms with Gasteiger partial charge in [0.25, 0.3) is 0 Å². The summed E-state index contributed by atoms with van der Waals surface area (Å²) in [6, 6.07) is 5.01. The van der Waals surface area contributed by atoms with Crippen LogP contribution in [-0.4, -0.2) is 51.7 Å². The molecule has 0 spiro atoms. The smallest absolute Gasteiger partial charge is 0.336 e. The Labute approximate surface area is 197 Å². The molecule has 0 aliphatic carbocycles. The molecular weight excluding hydrogens is 459 g/mol. The molecular formula is C22H28Cl2N2O6. The number of rotatable bonds is 10. The number of esters is 2. The first-order chi connectivity index (χ1) is 15.3. The average Bonchev–Trinajstić information content (AvgIpc) is 2.77. The van der Waals surface area contributed by atoms with E-state index in [1.807, 2.05) is 0 Å². The van der Waals surface area contributed by atoms with E-state index >= 15 is 0 Å². The molecule has 1 aliphatic heterocycles. The zero-order chi connectivity index (χ0) is 23.8. The van der Waals surface area contributed by atoms with Gasteiger partial charge in [-0.3, -0.25) is 0 Å². The van der Waals surface area contributed by atoms with E-state index in [2.05, 4.69) is 5.32 Å². The number of carbonyl (C=O) groups is 2. The Morgan fingerprint density at radius 1 is 1.19 bits per heavy atom. The fraction of sp³-hybridized carbons (Fsp3) is 0.455. The highest BCUT2D eigenvalue weighted by molar-refractivity contribution is 6.42. The van der Waals surface area contributed by atoms with Crippen LogP contribution in [0, 0.1) is 0 Å². The summed E-state index contributed by atoms with van der Waals surface area (Å²) in [6.07, 6.45) is -0.573. The van der Waals surface area contributed by atoms with Gasteiger partial charge in [0.05, 0.1) is 59.7 Å². The number of dihydropyridines is 1. The van der Waals surface area contributed by atoms with Gasteiger partial charge < -0.3 is 30.0 Å². The third-order valence-corrected chi connectivity index (χ3v) is 5.60. The van der Waals surface area contributed by atoms with Crippen LogP contribution >= 0.6 is 23.2 Å². The van der Waals surface area contributed by atoms with Crippen LogP contribution < -0.4 is 11.1 Å². The maximum absolute atomic E-state index is 13.1. The van der Waals surface area contributed by atoms with E-state index in [9.17, 15) is 9.59 Å². The summed E-state index contributed by atoms with van der Waals surface area (Å²) in [5.41, 5.74) is 7.22. The SMILES string of the molecule is CCOC(=O)C1=C(COC(C)OCCN)NC(C)=C(C(=O)OC)C1c1cccc(Cl)c1Cl. The number of allylic oxidation sites excluding steroid dienone is 1. The van der Waals surface area contributed by atoms with Crippen molar-refractivity contribution in [1.29, 1.82) is 0 Å². The molecule has 1 aromatic carbocycles. The average molecular weight is 487 g/mol. The Balaban J connectivity index is 2.63. The lowest BCUT2D eigenvalue weighted by atomic mass is 9.80. The minimum atomic E-state index is -0.882. The van der Waals surface area contributed by atoms with Crippen molar-refractivity contribution in [2.75, 3.05) is 33.5 Å². The summed E-state index contributed by atoms with van der Waals surface area (Å²) >= 11 is 12.7. The summed E-state index contributed by atoms with van der Waals surface area (Å²) in [7, 11) is 1.27. The fourth-order valence-corrected chi connectivity index (χ4v) is 3.79. The van der Waals surface area contributed by atoms with Gasteiger partial charge in [-0.15, -0.1) is 0 Å². The van der Waals surface area contributed by atoms with Gasteiger partial charge in [0.15, 0.2) is 6.29 Å². The van der Waals surface area contributed by atoms with Crippen LogP contribution in [0.1, 0.15) is 32.3 Å². The van der Waals surface area contributed by atoms with Gasteiger partial charge in [-0.05, 0) is 32.4 Å². The van der Waals surface area contributed by atoms with E-state index in [4.69, 9.17) is 47.9 Å². The van der Waals surface area contributed by atoms with Crippen LogP contribution in [0.15, 0.2) is 40.7 Å². The van der Waals surface area contributed by atoms with Gasteiger partial charge in [-0.25, -0.2) is 9.59 Å². The van der Waals surface area contributed by atoms with E-state index in [0.29, 0.717) is 30.1 Å². The minimum absolute atomic E-state index is 0.0135. The number of ether oxygens (including phenoxy) is 4. The van der Waals surface area contributed by atoms with Crippen LogP contribution in [0.5, 0.6) is 0 Å². The minimum Gasteiger partial charge on any atom is -0.466 e. The van der Waals surface area contributed by atoms with E-state index in [1.54, 1.807) is 39.0 Å². The third-order valence-electron chi connectivity index (χ3n) is 4.77. The van der Waals surface area contributed by atoms with Crippen molar-refractivity contribution in [2.24, 2.45) is 5.73 Å². The number of carbonyl (C=O) groups excluding carboxylic acids is 2. The number of nitrogens with one attached hydrogen (secondary N) is 1. The molecule has 10 heteroatoms. The highest BCUT2D eigenvalue weighted by atomic mass is 35.5. The first-order valence-corrected chi connectivity index (χ1v) is 10.9. The molecule has 1 aliphatic rings. The van der Waals surface area contributed by atoms with Crippen LogP contribution in [-0.2, 0) is 28.5 Å². The highest BCUT2D eigenvalue weighted by Crippen LogP contribution is 2.43. The molecule has 0 radical (unpaired) electrons. The predicted octanol–water partition coefficient (Wildman–Crippen LogP) is 3.28. The quantitative estimate of drug-likeness (QED) is 0.382. The topological polar surface area (TPSA) is 109 Å². The molecule has 1 aromatic rings. The molecule has 2 unspecified atom stereocenters. The third kappa shape index (κ3) is 6.02. The number of benzene rings is 1. The Morgan fingerprint density at radius 2 is 1.91 bits per heavy atom. The molecule has 0 bridgehead atoms. The molecule has 0 saturated heterocycles. The molecule has 0 saturated carbocycles. The molecule has 2 atom stereocenters. The van der Waals surface area contributed by atoms with E-state index in [1.165, 1.54) is 7.11 Å². The second-order valence-corrected chi connectivity index (χ2v) is 7.67. The van der Waals surface area contributed by atoms with Gasteiger partial charge in [0, 0.05) is 12.2 Å². The molecule has 32 heavy (non-hydrogen) atoms. The van der Waals surface area contributed by atoms with Crippen LogP contribution in [0.3, 0.4) is 0 Å². The van der Waals surface area contributed by atoms with E-state index < -0.39 is 24.1 Å².